The van der Waals surface area contributed by atoms with Gasteiger partial charge in [-0.15, -0.1) is 0 Å². The second kappa shape index (κ2) is 49.5. The Bertz CT molecular complexity index is 205. The molecule has 0 unspecified atom stereocenters. The minimum atomic E-state index is -1.08. The van der Waals surface area contributed by atoms with E-state index >= 15 is 0 Å². The molecule has 0 aromatic heterocycles. The van der Waals surface area contributed by atoms with Crippen LogP contribution in [-0.4, -0.2) is 37.0 Å². The largest absolute Gasteiger partial charge is 2.00 e. The van der Waals surface area contributed by atoms with Crippen molar-refractivity contribution in [2.24, 2.45) is 11.5 Å². The van der Waals surface area contributed by atoms with Crippen LogP contribution in [-0.2, 0) is 36.2 Å². The first kappa shape index (κ1) is 49.5. The van der Waals surface area contributed by atoms with E-state index in [0.717, 1.165) is 27.7 Å². The van der Waals surface area contributed by atoms with Gasteiger partial charge in [0, 0.05) is 37.0 Å². The molecule has 0 saturated carbocycles. The van der Waals surface area contributed by atoms with E-state index in [1.807, 2.05) is 0 Å². The van der Waals surface area contributed by atoms with E-state index in [0.29, 0.717) is 13.1 Å². The number of hydrogen-bond acceptors (Lipinski definition) is 10. The number of nitrogens with two attached hydrogens (primary N) is 2. The number of carbonyl (C=O) groups is 4. The van der Waals surface area contributed by atoms with E-state index in [1.165, 1.54) is 0 Å². The van der Waals surface area contributed by atoms with Crippen molar-refractivity contribution in [1.29, 1.82) is 0 Å². The molecule has 23 heavy (non-hydrogen) atoms. The fraction of sp³-hybridized carbons (Fsp3) is 0.600. The van der Waals surface area contributed by atoms with Gasteiger partial charge in [0.25, 0.3) is 0 Å². The van der Waals surface area contributed by atoms with Crippen molar-refractivity contribution < 1.29 is 116 Å². The maximum Gasteiger partial charge on any atom is 2.00 e. The van der Waals surface area contributed by atoms with Gasteiger partial charge in [-0.1, -0.05) is 0 Å². The van der Waals surface area contributed by atoms with Crippen molar-refractivity contribution in [2.45, 2.75) is 27.7 Å². The van der Waals surface area contributed by atoms with Crippen molar-refractivity contribution >= 4 is 23.9 Å². The molecule has 0 fully saturated rings. The normalized spacial score (nSPS) is 5.65. The van der Waals surface area contributed by atoms with E-state index in [1.54, 1.807) is 0 Å². The topological polar surface area (TPSA) is 213 Å². The number of aliphatic carboxylic acids is 4. The summed E-state index contributed by atoms with van der Waals surface area (Å²) in [5.41, 5.74) is 9.81. The molecule has 0 saturated heterocycles. The number of carboxylic acid groups (broad SMARTS) is 4. The molecule has 10 nitrogen and oxygen atoms in total. The van der Waals surface area contributed by atoms with Crippen LogP contribution in [0.25, 0.3) is 0 Å². The molecule has 0 aliphatic rings. The average molecular weight is 406 g/mol. The molecule has 0 aromatic rings. The number of carbonyl (C=O) groups excluding carboxylic acids is 4. The van der Waals surface area contributed by atoms with Gasteiger partial charge in [-0.2, -0.15) is 0 Å². The molecule has 0 atom stereocenters. The van der Waals surface area contributed by atoms with Gasteiger partial charge in [0.1, 0.15) is 0 Å². The smallest absolute Gasteiger partial charge is 0.550 e. The Morgan fingerprint density at radius 2 is 0.652 bits per heavy atom. The molecule has 0 heterocycles. The Kier molecular flexibility index (Phi) is 106. The first-order valence-corrected chi connectivity index (χ1v) is 4.95. The van der Waals surface area contributed by atoms with Crippen LogP contribution in [0.15, 0.2) is 0 Å². The predicted octanol–water partition coefficient (Wildman–Crippen LogP) is -12.1. The summed E-state index contributed by atoms with van der Waals surface area (Å²) in [5.74, 6) is -4.33. The molecule has 13 heteroatoms. The maximum atomic E-state index is 8.89. The fourth-order valence-electron chi connectivity index (χ4n) is 0. The molecule has 1 radical (unpaired) electrons. The summed E-state index contributed by atoms with van der Waals surface area (Å²) in [4.78, 5) is 35.6. The predicted molar refractivity (Wildman–Crippen MR) is 60.8 cm³/mol. The number of carboxylic acids is 4. The minimum absolute atomic E-state index is 0. The Morgan fingerprint density at radius 1 is 0.609 bits per heavy atom. The zero-order valence-electron chi connectivity index (χ0n) is 14.1. The molecular formula is C10H20CuN2Na2O8. The summed E-state index contributed by atoms with van der Waals surface area (Å²) >= 11 is 0. The van der Waals surface area contributed by atoms with Crippen molar-refractivity contribution in [3.8, 4) is 0 Å². The van der Waals surface area contributed by atoms with Crippen LogP contribution >= 0.6 is 0 Å². The van der Waals surface area contributed by atoms with E-state index in [4.69, 9.17) is 51.1 Å². The number of hydrogen-bond donors (Lipinski definition) is 2. The second-order valence-electron chi connectivity index (χ2n) is 2.54. The van der Waals surface area contributed by atoms with Gasteiger partial charge in [-0.3, -0.25) is 0 Å². The van der Waals surface area contributed by atoms with Gasteiger partial charge in [0.2, 0.25) is 0 Å². The molecule has 0 amide bonds. The molecule has 0 aromatic carbocycles. The first-order valence-electron chi connectivity index (χ1n) is 4.95. The average Bonchev–Trinajstić information content (AvgIpc) is 2.13. The molecule has 0 aliphatic heterocycles. The van der Waals surface area contributed by atoms with E-state index in [-0.39, 0.29) is 76.2 Å². The molecular weight excluding hydrogens is 386 g/mol. The quantitative estimate of drug-likeness (QED) is 0.392. The molecule has 0 rings (SSSR count). The molecule has 131 valence electrons. The van der Waals surface area contributed by atoms with Crippen LogP contribution in [0, 0.1) is 0 Å². The summed E-state index contributed by atoms with van der Waals surface area (Å²) in [6.07, 6.45) is 0. The number of rotatable bonds is 1. The van der Waals surface area contributed by atoms with Crippen LogP contribution in [0.5, 0.6) is 0 Å². The van der Waals surface area contributed by atoms with E-state index in [9.17, 15) is 0 Å². The van der Waals surface area contributed by atoms with Crippen LogP contribution in [0.4, 0.5) is 0 Å². The summed E-state index contributed by atoms with van der Waals surface area (Å²) in [6.45, 7) is 5.08. The minimum Gasteiger partial charge on any atom is -0.550 e. The van der Waals surface area contributed by atoms with Crippen LogP contribution in [0.3, 0.4) is 0 Å². The SMILES string of the molecule is CC(=O)[O-].CC(=O)[O-].CC(=O)[O-].CC(=O)[O-].NCCN.[Cu+2].[Na+].[Na+]. The van der Waals surface area contributed by atoms with Gasteiger partial charge >= 0.3 is 76.2 Å². The third kappa shape index (κ3) is 5290. The zero-order chi connectivity index (χ0) is 17.7. The van der Waals surface area contributed by atoms with Gasteiger partial charge in [-0.25, -0.2) is 0 Å². The third-order valence-electron chi connectivity index (χ3n) is 0.167. The summed E-state index contributed by atoms with van der Waals surface area (Å²) in [7, 11) is 0. The van der Waals surface area contributed by atoms with Gasteiger partial charge < -0.3 is 51.1 Å². The summed E-state index contributed by atoms with van der Waals surface area (Å²) < 4.78 is 0. The first-order chi connectivity index (χ1) is 8.84. The standard InChI is InChI=1S/C2H8N2.4C2H4O2.Cu.2Na/c3-1-2-4;4*1-2(3)4;;;/h1-4H2;4*1H3,(H,3,4);;;/q;;;;;+2;2*+1/p-4. The van der Waals surface area contributed by atoms with Gasteiger partial charge in [0.15, 0.2) is 0 Å². The van der Waals surface area contributed by atoms with Crippen molar-refractivity contribution in [3.05, 3.63) is 0 Å². The third-order valence-corrected chi connectivity index (χ3v) is 0.167. The molecule has 0 bridgehead atoms. The molecule has 4 N–H and O–H groups in total. The van der Waals surface area contributed by atoms with Crippen LogP contribution in [0.2, 0.25) is 0 Å². The summed E-state index contributed by atoms with van der Waals surface area (Å²) in [5, 5.41) is 35.6. The Balaban J connectivity index is -0.0000000197. The second-order valence-corrected chi connectivity index (χ2v) is 2.54. The van der Waals surface area contributed by atoms with Crippen molar-refractivity contribution in [1.82, 2.24) is 0 Å². The van der Waals surface area contributed by atoms with E-state index < -0.39 is 23.9 Å². The Morgan fingerprint density at radius 3 is 0.652 bits per heavy atom. The van der Waals surface area contributed by atoms with E-state index in [2.05, 4.69) is 0 Å². The molecule has 0 spiro atoms. The summed E-state index contributed by atoms with van der Waals surface area (Å²) in [6, 6.07) is 0. The Hall–Kier alpha value is 0.319. The van der Waals surface area contributed by atoms with Crippen LogP contribution in [0.1, 0.15) is 27.7 Å². The fourth-order valence-corrected chi connectivity index (χ4v) is 0. The van der Waals surface area contributed by atoms with Gasteiger partial charge in [0.05, 0.1) is 0 Å². The Labute approximate surface area is 190 Å². The van der Waals surface area contributed by atoms with Crippen molar-refractivity contribution in [3.63, 3.8) is 0 Å². The zero-order valence-corrected chi connectivity index (χ0v) is 19.1. The van der Waals surface area contributed by atoms with Gasteiger partial charge in [-0.05, 0) is 27.7 Å². The molecule has 0 aliphatic carbocycles. The van der Waals surface area contributed by atoms with Crippen LogP contribution < -0.4 is 91.0 Å². The van der Waals surface area contributed by atoms with Crippen molar-refractivity contribution in [2.75, 3.05) is 13.1 Å². The maximum absolute atomic E-state index is 8.89. The monoisotopic (exact) mass is 405 g/mol.